The number of aliphatic carboxylic acids is 3. The zero-order chi connectivity index (χ0) is 22.5. The van der Waals surface area contributed by atoms with Crippen molar-refractivity contribution in [2.75, 3.05) is 78.5 Å². The number of rotatable bonds is 8. The maximum atomic E-state index is 11.2. The lowest BCUT2D eigenvalue weighted by Gasteiger charge is -2.31. The second-order valence-corrected chi connectivity index (χ2v) is 8.41. The molecule has 1 aliphatic rings. The monoisotopic (exact) mass is 430 g/mol. The van der Waals surface area contributed by atoms with Gasteiger partial charge in [0.15, 0.2) is 0 Å². The molecule has 0 atom stereocenters. The SMILES string of the molecule is CC(C)CN1CCCN(CC(=O)O)CCN(CC(=O)O)CCCN(CC(=O)O)CC1. The fraction of sp³-hybridized carbons (Fsp3) is 0.850. The van der Waals surface area contributed by atoms with Crippen LogP contribution in [-0.2, 0) is 14.4 Å². The van der Waals surface area contributed by atoms with Crippen LogP contribution < -0.4 is 0 Å². The Labute approximate surface area is 179 Å². The molecule has 174 valence electrons. The number of carboxylic acids is 3. The van der Waals surface area contributed by atoms with E-state index in [0.717, 1.165) is 26.1 Å². The van der Waals surface area contributed by atoms with E-state index in [1.807, 2.05) is 9.80 Å². The first kappa shape index (κ1) is 26.3. The Morgan fingerprint density at radius 1 is 0.600 bits per heavy atom. The van der Waals surface area contributed by atoms with Crippen molar-refractivity contribution in [2.24, 2.45) is 5.92 Å². The summed E-state index contributed by atoms with van der Waals surface area (Å²) in [7, 11) is 0. The van der Waals surface area contributed by atoms with E-state index in [2.05, 4.69) is 18.7 Å². The number of nitrogens with zero attached hydrogens (tertiary/aromatic N) is 4. The molecule has 0 amide bonds. The van der Waals surface area contributed by atoms with Crippen molar-refractivity contribution in [2.45, 2.75) is 26.7 Å². The van der Waals surface area contributed by atoms with Gasteiger partial charge in [-0.05, 0) is 25.3 Å². The van der Waals surface area contributed by atoms with Gasteiger partial charge in [-0.3, -0.25) is 29.1 Å². The summed E-state index contributed by atoms with van der Waals surface area (Å²) in [5.74, 6) is -2.19. The van der Waals surface area contributed by atoms with Crippen molar-refractivity contribution >= 4 is 17.9 Å². The van der Waals surface area contributed by atoms with Crippen molar-refractivity contribution in [3.8, 4) is 0 Å². The van der Waals surface area contributed by atoms with E-state index in [1.165, 1.54) is 0 Å². The highest BCUT2D eigenvalue weighted by molar-refractivity contribution is 5.69. The van der Waals surface area contributed by atoms with E-state index in [-0.39, 0.29) is 19.6 Å². The third kappa shape index (κ3) is 12.7. The number of carboxylic acid groups (broad SMARTS) is 3. The highest BCUT2D eigenvalue weighted by Crippen LogP contribution is 2.05. The van der Waals surface area contributed by atoms with Crippen LogP contribution >= 0.6 is 0 Å². The Morgan fingerprint density at radius 3 is 1.20 bits per heavy atom. The fourth-order valence-corrected chi connectivity index (χ4v) is 3.80. The molecule has 1 aliphatic heterocycles. The molecule has 3 N–H and O–H groups in total. The van der Waals surface area contributed by atoms with Gasteiger partial charge < -0.3 is 20.2 Å². The molecule has 10 heteroatoms. The summed E-state index contributed by atoms with van der Waals surface area (Å²) in [6.07, 6.45) is 1.46. The van der Waals surface area contributed by atoms with E-state index in [9.17, 15) is 29.7 Å². The molecular weight excluding hydrogens is 392 g/mol. The van der Waals surface area contributed by atoms with Crippen LogP contribution in [0.25, 0.3) is 0 Å². The molecule has 0 aliphatic carbocycles. The van der Waals surface area contributed by atoms with Crippen LogP contribution in [0.4, 0.5) is 0 Å². The van der Waals surface area contributed by atoms with E-state index < -0.39 is 17.9 Å². The zero-order valence-corrected chi connectivity index (χ0v) is 18.3. The summed E-state index contributed by atoms with van der Waals surface area (Å²) in [5.41, 5.74) is 0. The minimum absolute atomic E-state index is 0.0269. The molecule has 0 spiro atoms. The Morgan fingerprint density at radius 2 is 0.900 bits per heavy atom. The van der Waals surface area contributed by atoms with Gasteiger partial charge in [-0.15, -0.1) is 0 Å². The van der Waals surface area contributed by atoms with Crippen molar-refractivity contribution < 1.29 is 29.7 Å². The lowest BCUT2D eigenvalue weighted by molar-refractivity contribution is -0.140. The highest BCUT2D eigenvalue weighted by atomic mass is 16.4. The molecule has 1 rings (SSSR count). The number of hydrogen-bond acceptors (Lipinski definition) is 7. The summed E-state index contributed by atoms with van der Waals surface area (Å²) in [6, 6.07) is 0. The second kappa shape index (κ2) is 14.3. The molecule has 1 heterocycles. The first-order valence-corrected chi connectivity index (χ1v) is 10.7. The Kier molecular flexibility index (Phi) is 12.5. The fourth-order valence-electron chi connectivity index (χ4n) is 3.80. The van der Waals surface area contributed by atoms with E-state index in [4.69, 9.17) is 0 Å². The normalized spacial score (nSPS) is 20.1. The standard InChI is InChI=1S/C20H38N4O6/c1-17(2)13-21-5-3-6-23(15-19(27)28)11-12-24(16-20(29)30)8-4-7-22(10-9-21)14-18(25)26/h17H,3-16H2,1-2H3,(H,25,26)(H,27,28)(H,29,30). The van der Waals surface area contributed by atoms with Crippen LogP contribution in [0.2, 0.25) is 0 Å². The largest absolute Gasteiger partial charge is 0.480 e. The number of carbonyl (C=O) groups is 3. The summed E-state index contributed by atoms with van der Waals surface area (Å²) in [4.78, 5) is 41.6. The zero-order valence-electron chi connectivity index (χ0n) is 18.3. The molecule has 0 aromatic heterocycles. The molecule has 0 saturated carbocycles. The van der Waals surface area contributed by atoms with Gasteiger partial charge in [0.25, 0.3) is 0 Å². The minimum atomic E-state index is -0.923. The maximum absolute atomic E-state index is 11.2. The van der Waals surface area contributed by atoms with Crippen molar-refractivity contribution in [3.05, 3.63) is 0 Å². The summed E-state index contributed by atoms with van der Waals surface area (Å²) >= 11 is 0. The van der Waals surface area contributed by atoms with Crippen LogP contribution in [0.5, 0.6) is 0 Å². The molecule has 0 unspecified atom stereocenters. The average molecular weight is 431 g/mol. The number of hydrogen-bond donors (Lipinski definition) is 3. The van der Waals surface area contributed by atoms with Gasteiger partial charge in [0.2, 0.25) is 0 Å². The minimum Gasteiger partial charge on any atom is -0.480 e. The lowest BCUT2D eigenvalue weighted by Crippen LogP contribution is -2.44. The Bertz CT molecular complexity index is 545. The topological polar surface area (TPSA) is 125 Å². The van der Waals surface area contributed by atoms with Gasteiger partial charge in [-0.25, -0.2) is 0 Å². The third-order valence-electron chi connectivity index (χ3n) is 5.06. The van der Waals surface area contributed by atoms with Crippen LogP contribution in [-0.4, -0.2) is 131 Å². The van der Waals surface area contributed by atoms with Gasteiger partial charge in [-0.1, -0.05) is 13.8 Å². The van der Waals surface area contributed by atoms with E-state index in [1.54, 1.807) is 4.90 Å². The average Bonchev–Trinajstić information content (AvgIpc) is 2.60. The Balaban J connectivity index is 2.86. The van der Waals surface area contributed by atoms with E-state index >= 15 is 0 Å². The third-order valence-corrected chi connectivity index (χ3v) is 5.06. The van der Waals surface area contributed by atoms with Crippen LogP contribution in [0.1, 0.15) is 26.7 Å². The molecular formula is C20H38N4O6. The summed E-state index contributed by atoms with van der Waals surface area (Å²) < 4.78 is 0. The Hall–Kier alpha value is -1.75. The maximum Gasteiger partial charge on any atom is 0.317 e. The van der Waals surface area contributed by atoms with Gasteiger partial charge in [0, 0.05) is 52.4 Å². The first-order chi connectivity index (χ1) is 14.2. The smallest absolute Gasteiger partial charge is 0.317 e. The summed E-state index contributed by atoms with van der Waals surface area (Å²) in [5, 5.41) is 27.6. The van der Waals surface area contributed by atoms with Gasteiger partial charge in [-0.2, -0.15) is 0 Å². The lowest BCUT2D eigenvalue weighted by atomic mass is 10.2. The molecule has 0 aromatic carbocycles. The molecule has 0 bridgehead atoms. The van der Waals surface area contributed by atoms with Crippen LogP contribution in [0.15, 0.2) is 0 Å². The quantitative estimate of drug-likeness (QED) is 0.481. The van der Waals surface area contributed by atoms with Crippen LogP contribution in [0.3, 0.4) is 0 Å². The van der Waals surface area contributed by atoms with Gasteiger partial charge in [0.05, 0.1) is 19.6 Å². The van der Waals surface area contributed by atoms with Gasteiger partial charge in [0.1, 0.15) is 0 Å². The molecule has 1 fully saturated rings. The van der Waals surface area contributed by atoms with Crippen molar-refractivity contribution in [1.29, 1.82) is 0 Å². The van der Waals surface area contributed by atoms with E-state index in [0.29, 0.717) is 51.6 Å². The molecule has 1 saturated heterocycles. The van der Waals surface area contributed by atoms with Gasteiger partial charge >= 0.3 is 17.9 Å². The molecule has 0 aromatic rings. The highest BCUT2D eigenvalue weighted by Gasteiger charge is 2.18. The summed E-state index contributed by atoms with van der Waals surface area (Å²) in [6.45, 7) is 9.90. The molecule has 10 nitrogen and oxygen atoms in total. The van der Waals surface area contributed by atoms with Crippen molar-refractivity contribution in [3.63, 3.8) is 0 Å². The molecule has 30 heavy (non-hydrogen) atoms. The molecule has 0 radical (unpaired) electrons. The van der Waals surface area contributed by atoms with Crippen molar-refractivity contribution in [1.82, 2.24) is 19.6 Å². The second-order valence-electron chi connectivity index (χ2n) is 8.41. The first-order valence-electron chi connectivity index (χ1n) is 10.7. The predicted octanol–water partition coefficient (Wildman–Crippen LogP) is -0.102. The van der Waals surface area contributed by atoms with Crippen LogP contribution in [0, 0.1) is 5.92 Å². The predicted molar refractivity (Wildman–Crippen MR) is 113 cm³/mol.